The summed E-state index contributed by atoms with van der Waals surface area (Å²) in [5.74, 6) is -0.671. The van der Waals surface area contributed by atoms with Crippen molar-refractivity contribution in [3.8, 4) is 0 Å². The third-order valence-electron chi connectivity index (χ3n) is 2.71. The molecule has 0 spiro atoms. The van der Waals surface area contributed by atoms with Gasteiger partial charge in [-0.15, -0.1) is 0 Å². The number of halogens is 1. The van der Waals surface area contributed by atoms with E-state index in [1.54, 1.807) is 12.1 Å². The van der Waals surface area contributed by atoms with Gasteiger partial charge in [-0.25, -0.2) is 4.39 Å². The Labute approximate surface area is 98.7 Å². The second-order valence-electron chi connectivity index (χ2n) is 3.89. The highest BCUT2D eigenvalue weighted by molar-refractivity contribution is 5.76. The zero-order valence-corrected chi connectivity index (χ0v) is 9.48. The van der Waals surface area contributed by atoms with Crippen LogP contribution in [0.1, 0.15) is 11.6 Å². The van der Waals surface area contributed by atoms with Gasteiger partial charge in [0.2, 0.25) is 0 Å². The van der Waals surface area contributed by atoms with Crippen LogP contribution < -0.4 is 5.32 Å². The number of methoxy groups -OCH3 is 1. The molecule has 2 atom stereocenters. The standard InChI is InChI=1S/C12H14FNO3/c1-16-12(15)11-7-17-6-10(14-11)8-3-2-4-9(13)5-8/h2-5,10-11,14H,6-7H2,1H3. The van der Waals surface area contributed by atoms with E-state index in [9.17, 15) is 9.18 Å². The number of nitrogens with one attached hydrogen (secondary N) is 1. The molecule has 1 aromatic rings. The van der Waals surface area contributed by atoms with Gasteiger partial charge in [-0.1, -0.05) is 12.1 Å². The highest BCUT2D eigenvalue weighted by Gasteiger charge is 2.28. The largest absolute Gasteiger partial charge is 0.468 e. The van der Waals surface area contributed by atoms with Crippen molar-refractivity contribution in [1.82, 2.24) is 5.32 Å². The molecule has 0 aromatic heterocycles. The monoisotopic (exact) mass is 239 g/mol. The molecule has 1 saturated heterocycles. The van der Waals surface area contributed by atoms with Crippen LogP contribution in [0.3, 0.4) is 0 Å². The molecule has 1 aliphatic heterocycles. The lowest BCUT2D eigenvalue weighted by molar-refractivity contribution is -0.147. The Morgan fingerprint density at radius 3 is 3.06 bits per heavy atom. The lowest BCUT2D eigenvalue weighted by Crippen LogP contribution is -2.48. The van der Waals surface area contributed by atoms with E-state index in [0.29, 0.717) is 6.61 Å². The summed E-state index contributed by atoms with van der Waals surface area (Å²) in [4.78, 5) is 11.4. The van der Waals surface area contributed by atoms with E-state index in [4.69, 9.17) is 4.74 Å². The molecule has 17 heavy (non-hydrogen) atoms. The first-order valence-electron chi connectivity index (χ1n) is 5.38. The SMILES string of the molecule is COC(=O)C1COCC(c2cccc(F)c2)N1. The molecule has 92 valence electrons. The summed E-state index contributed by atoms with van der Waals surface area (Å²) in [5, 5.41) is 3.08. The molecular weight excluding hydrogens is 225 g/mol. The van der Waals surface area contributed by atoms with Gasteiger partial charge in [0.15, 0.2) is 0 Å². The Hall–Kier alpha value is -1.46. The molecule has 0 aliphatic carbocycles. The van der Waals surface area contributed by atoms with Gasteiger partial charge in [0.1, 0.15) is 11.9 Å². The molecule has 0 radical (unpaired) electrons. The van der Waals surface area contributed by atoms with Crippen LogP contribution >= 0.6 is 0 Å². The maximum atomic E-state index is 13.1. The molecule has 0 saturated carbocycles. The lowest BCUT2D eigenvalue weighted by Gasteiger charge is -2.29. The molecule has 2 rings (SSSR count). The Morgan fingerprint density at radius 1 is 1.53 bits per heavy atom. The van der Waals surface area contributed by atoms with Crippen molar-refractivity contribution in [2.24, 2.45) is 0 Å². The van der Waals surface area contributed by atoms with E-state index in [-0.39, 0.29) is 24.4 Å². The van der Waals surface area contributed by atoms with E-state index in [1.165, 1.54) is 19.2 Å². The van der Waals surface area contributed by atoms with E-state index >= 15 is 0 Å². The van der Waals surface area contributed by atoms with Crippen molar-refractivity contribution in [2.75, 3.05) is 20.3 Å². The van der Waals surface area contributed by atoms with Crippen LogP contribution in [0.2, 0.25) is 0 Å². The molecule has 2 unspecified atom stereocenters. The third kappa shape index (κ3) is 2.81. The maximum absolute atomic E-state index is 13.1. The van der Waals surface area contributed by atoms with E-state index < -0.39 is 6.04 Å². The molecule has 4 nitrogen and oxygen atoms in total. The molecule has 1 aliphatic rings. The minimum absolute atomic E-state index is 0.191. The highest BCUT2D eigenvalue weighted by atomic mass is 19.1. The minimum Gasteiger partial charge on any atom is -0.468 e. The van der Waals surface area contributed by atoms with Gasteiger partial charge in [0.25, 0.3) is 0 Å². The van der Waals surface area contributed by atoms with Crippen LogP contribution in [-0.2, 0) is 14.3 Å². The number of ether oxygens (including phenoxy) is 2. The lowest BCUT2D eigenvalue weighted by atomic mass is 10.1. The number of morpholine rings is 1. The zero-order chi connectivity index (χ0) is 12.3. The highest BCUT2D eigenvalue weighted by Crippen LogP contribution is 2.18. The Bertz CT molecular complexity index is 410. The topological polar surface area (TPSA) is 47.6 Å². The van der Waals surface area contributed by atoms with Gasteiger partial charge in [-0.3, -0.25) is 10.1 Å². The van der Waals surface area contributed by atoms with Gasteiger partial charge < -0.3 is 9.47 Å². The van der Waals surface area contributed by atoms with Crippen LogP contribution in [0.5, 0.6) is 0 Å². The number of rotatable bonds is 2. The van der Waals surface area contributed by atoms with Gasteiger partial charge in [0, 0.05) is 0 Å². The van der Waals surface area contributed by atoms with Crippen molar-refractivity contribution in [3.63, 3.8) is 0 Å². The summed E-state index contributed by atoms with van der Waals surface area (Å²) in [6.45, 7) is 0.690. The van der Waals surface area contributed by atoms with Crippen molar-refractivity contribution >= 4 is 5.97 Å². The van der Waals surface area contributed by atoms with Crippen LogP contribution in [0.4, 0.5) is 4.39 Å². The van der Waals surface area contributed by atoms with Crippen LogP contribution in [0, 0.1) is 5.82 Å². The first kappa shape index (κ1) is 12.0. The average molecular weight is 239 g/mol. The Balaban J connectivity index is 2.09. The van der Waals surface area contributed by atoms with Crippen LogP contribution in [-0.4, -0.2) is 32.3 Å². The predicted octanol–water partition coefficient (Wildman–Crippen LogP) is 1.03. The molecule has 1 heterocycles. The fraction of sp³-hybridized carbons (Fsp3) is 0.417. The number of carbonyl (C=O) groups excluding carboxylic acids is 1. The molecule has 1 N–H and O–H groups in total. The minimum atomic E-state index is -0.498. The second-order valence-corrected chi connectivity index (χ2v) is 3.89. The van der Waals surface area contributed by atoms with Gasteiger partial charge >= 0.3 is 5.97 Å². The van der Waals surface area contributed by atoms with Crippen LogP contribution in [0.15, 0.2) is 24.3 Å². The fourth-order valence-corrected chi connectivity index (χ4v) is 1.84. The van der Waals surface area contributed by atoms with Crippen molar-refractivity contribution in [3.05, 3.63) is 35.6 Å². The molecule has 0 amide bonds. The number of carbonyl (C=O) groups is 1. The summed E-state index contributed by atoms with van der Waals surface area (Å²) in [6.07, 6.45) is 0. The Morgan fingerprint density at radius 2 is 2.35 bits per heavy atom. The first-order valence-corrected chi connectivity index (χ1v) is 5.38. The average Bonchev–Trinajstić information content (AvgIpc) is 2.38. The fourth-order valence-electron chi connectivity index (χ4n) is 1.84. The zero-order valence-electron chi connectivity index (χ0n) is 9.48. The number of hydrogen-bond donors (Lipinski definition) is 1. The molecular formula is C12H14FNO3. The van der Waals surface area contributed by atoms with Gasteiger partial charge in [-0.2, -0.15) is 0 Å². The van der Waals surface area contributed by atoms with Gasteiger partial charge in [-0.05, 0) is 17.7 Å². The number of hydrogen-bond acceptors (Lipinski definition) is 4. The summed E-state index contributed by atoms with van der Waals surface area (Å²) in [6, 6.07) is 5.55. The quantitative estimate of drug-likeness (QED) is 0.783. The van der Waals surface area contributed by atoms with E-state index in [2.05, 4.69) is 10.1 Å². The molecule has 1 aromatic carbocycles. The number of benzene rings is 1. The van der Waals surface area contributed by atoms with E-state index in [1.807, 2.05) is 0 Å². The number of esters is 1. The third-order valence-corrected chi connectivity index (χ3v) is 2.71. The molecule has 1 fully saturated rings. The second kappa shape index (κ2) is 5.25. The summed E-state index contributed by atoms with van der Waals surface area (Å²) in [7, 11) is 1.33. The first-order chi connectivity index (χ1) is 8.20. The summed E-state index contributed by atoms with van der Waals surface area (Å²) < 4.78 is 23.1. The molecule has 5 heteroatoms. The van der Waals surface area contributed by atoms with Crippen molar-refractivity contribution in [1.29, 1.82) is 0 Å². The van der Waals surface area contributed by atoms with Crippen molar-refractivity contribution in [2.45, 2.75) is 12.1 Å². The maximum Gasteiger partial charge on any atom is 0.325 e. The summed E-state index contributed by atoms with van der Waals surface area (Å²) in [5.41, 5.74) is 0.763. The predicted molar refractivity (Wildman–Crippen MR) is 58.9 cm³/mol. The van der Waals surface area contributed by atoms with Crippen molar-refractivity contribution < 1.29 is 18.7 Å². The smallest absolute Gasteiger partial charge is 0.325 e. The van der Waals surface area contributed by atoms with E-state index in [0.717, 1.165) is 5.56 Å². The normalized spacial score (nSPS) is 24.4. The van der Waals surface area contributed by atoms with Gasteiger partial charge in [0.05, 0.1) is 26.4 Å². The Kier molecular flexibility index (Phi) is 3.71. The molecule has 0 bridgehead atoms. The van der Waals surface area contributed by atoms with Crippen LogP contribution in [0.25, 0.3) is 0 Å². The summed E-state index contributed by atoms with van der Waals surface area (Å²) >= 11 is 0.